The molecule has 5 nitrogen and oxygen atoms in total. The maximum Gasteiger partial charge on any atom is 0.239 e. The van der Waals surface area contributed by atoms with E-state index in [4.69, 9.17) is 29.6 Å². The van der Waals surface area contributed by atoms with E-state index >= 15 is 0 Å². The van der Waals surface area contributed by atoms with Crippen LogP contribution in [0.2, 0.25) is 5.02 Å². The first-order chi connectivity index (χ1) is 8.19. The Morgan fingerprint density at radius 3 is 2.61 bits per heavy atom. The smallest absolute Gasteiger partial charge is 0.239 e. The molecule has 0 aliphatic heterocycles. The van der Waals surface area contributed by atoms with E-state index in [-0.39, 0.29) is 15.7 Å². The third kappa shape index (κ3) is 4.59. The van der Waals surface area contributed by atoms with E-state index in [0.717, 1.165) is 6.26 Å². The van der Waals surface area contributed by atoms with Gasteiger partial charge < -0.3 is 11.1 Å². The number of carbonyl (C=O) groups excluding carboxylic acids is 1. The number of nitrogens with two attached hydrogens (primary N) is 1. The van der Waals surface area contributed by atoms with Crippen molar-refractivity contribution in [2.24, 2.45) is 5.73 Å². The van der Waals surface area contributed by atoms with Crippen LogP contribution in [0.3, 0.4) is 0 Å². The predicted octanol–water partition coefficient (Wildman–Crippen LogP) is 0.957. The third-order valence-electron chi connectivity index (χ3n) is 1.92. The lowest BCUT2D eigenvalue weighted by Gasteiger charge is -2.08. The molecule has 1 rings (SSSR count). The minimum Gasteiger partial charge on any atom is -0.389 e. The van der Waals surface area contributed by atoms with Gasteiger partial charge in [0.1, 0.15) is 10.7 Å². The first-order valence-corrected chi connectivity index (χ1v) is 7.60. The van der Waals surface area contributed by atoms with E-state index in [9.17, 15) is 13.2 Å². The molecule has 8 heteroatoms. The van der Waals surface area contributed by atoms with E-state index in [0.29, 0.717) is 5.56 Å². The van der Waals surface area contributed by atoms with Gasteiger partial charge in [0, 0.05) is 11.8 Å². The number of sulfone groups is 1. The highest BCUT2D eigenvalue weighted by Gasteiger charge is 2.13. The molecule has 0 unspecified atom stereocenters. The average molecular weight is 307 g/mol. The van der Waals surface area contributed by atoms with Crippen LogP contribution in [-0.4, -0.2) is 31.3 Å². The van der Waals surface area contributed by atoms with Gasteiger partial charge in [-0.2, -0.15) is 0 Å². The Labute approximate surface area is 115 Å². The molecule has 0 spiro atoms. The van der Waals surface area contributed by atoms with Crippen molar-refractivity contribution in [3.05, 3.63) is 28.8 Å². The average Bonchev–Trinajstić information content (AvgIpc) is 2.18. The van der Waals surface area contributed by atoms with Gasteiger partial charge in [0.2, 0.25) is 5.91 Å². The number of nitrogens with one attached hydrogen (secondary N) is 1. The highest BCUT2D eigenvalue weighted by atomic mass is 35.5. The van der Waals surface area contributed by atoms with Gasteiger partial charge in [-0.1, -0.05) is 29.9 Å². The van der Waals surface area contributed by atoms with Crippen LogP contribution in [-0.2, 0) is 14.6 Å². The zero-order valence-electron chi connectivity index (χ0n) is 9.44. The Hall–Kier alpha value is -1.18. The van der Waals surface area contributed by atoms with Gasteiger partial charge in [-0.15, -0.1) is 0 Å². The fourth-order valence-corrected chi connectivity index (χ4v) is 2.04. The molecule has 98 valence electrons. The number of rotatable bonds is 4. The molecule has 0 aliphatic carbocycles. The molecule has 0 radical (unpaired) electrons. The standard InChI is InChI=1S/C10H11ClN2O3S2/c1-18(15,16)5-9(14)13-8-4-6(10(12)17)2-3-7(8)11/h2-4H,5H2,1H3,(H2,12,17)(H,13,14). The van der Waals surface area contributed by atoms with Crippen LogP contribution >= 0.6 is 23.8 Å². The van der Waals surface area contributed by atoms with Crippen molar-refractivity contribution in [3.63, 3.8) is 0 Å². The van der Waals surface area contributed by atoms with Crippen LogP contribution in [0.1, 0.15) is 5.56 Å². The topological polar surface area (TPSA) is 89.3 Å². The molecule has 18 heavy (non-hydrogen) atoms. The summed E-state index contributed by atoms with van der Waals surface area (Å²) < 4.78 is 21.9. The highest BCUT2D eigenvalue weighted by Crippen LogP contribution is 2.23. The molecule has 0 saturated carbocycles. The SMILES string of the molecule is CS(=O)(=O)CC(=O)Nc1cc(C(N)=S)ccc1Cl. The summed E-state index contributed by atoms with van der Waals surface area (Å²) in [5.41, 5.74) is 6.25. The molecule has 0 saturated heterocycles. The fraction of sp³-hybridized carbons (Fsp3) is 0.200. The number of thiocarbonyl (C=S) groups is 1. The van der Waals surface area contributed by atoms with Crippen LogP contribution in [0.5, 0.6) is 0 Å². The first-order valence-electron chi connectivity index (χ1n) is 4.76. The molecule has 3 N–H and O–H groups in total. The lowest BCUT2D eigenvalue weighted by molar-refractivity contribution is -0.113. The molecular weight excluding hydrogens is 296 g/mol. The molecule has 1 aromatic carbocycles. The van der Waals surface area contributed by atoms with Crippen molar-refractivity contribution in [1.82, 2.24) is 0 Å². The van der Waals surface area contributed by atoms with Crippen molar-refractivity contribution < 1.29 is 13.2 Å². The molecular formula is C10H11ClN2O3S2. The largest absolute Gasteiger partial charge is 0.389 e. The van der Waals surface area contributed by atoms with Gasteiger partial charge in [0.25, 0.3) is 0 Å². The Morgan fingerprint density at radius 1 is 1.50 bits per heavy atom. The number of hydrogen-bond acceptors (Lipinski definition) is 4. The quantitative estimate of drug-likeness (QED) is 0.809. The maximum absolute atomic E-state index is 11.4. The molecule has 0 atom stereocenters. The summed E-state index contributed by atoms with van der Waals surface area (Å²) in [6, 6.07) is 4.62. The lowest BCUT2D eigenvalue weighted by atomic mass is 10.2. The lowest BCUT2D eigenvalue weighted by Crippen LogP contribution is -2.22. The number of amides is 1. The number of anilines is 1. The fourth-order valence-electron chi connectivity index (χ4n) is 1.20. The zero-order valence-corrected chi connectivity index (χ0v) is 11.8. The molecule has 1 amide bonds. The van der Waals surface area contributed by atoms with E-state index in [1.807, 2.05) is 0 Å². The number of hydrogen-bond donors (Lipinski definition) is 2. The molecule has 1 aromatic rings. The normalized spacial score (nSPS) is 11.0. The summed E-state index contributed by atoms with van der Waals surface area (Å²) in [7, 11) is -3.39. The van der Waals surface area contributed by atoms with Gasteiger partial charge in [0.05, 0.1) is 10.7 Å². The van der Waals surface area contributed by atoms with Crippen molar-refractivity contribution in [3.8, 4) is 0 Å². The highest BCUT2D eigenvalue weighted by molar-refractivity contribution is 7.91. The summed E-state index contributed by atoms with van der Waals surface area (Å²) in [4.78, 5) is 11.6. The minimum atomic E-state index is -3.39. The summed E-state index contributed by atoms with van der Waals surface area (Å²) in [5.74, 6) is -1.28. The van der Waals surface area contributed by atoms with E-state index in [1.165, 1.54) is 12.1 Å². The van der Waals surface area contributed by atoms with Gasteiger partial charge in [-0.25, -0.2) is 8.42 Å². The summed E-state index contributed by atoms with van der Waals surface area (Å²) in [6.45, 7) is 0. The maximum atomic E-state index is 11.4. The molecule has 0 heterocycles. The van der Waals surface area contributed by atoms with Crippen LogP contribution in [0, 0.1) is 0 Å². The Morgan fingerprint density at radius 2 is 2.11 bits per heavy atom. The minimum absolute atomic E-state index is 0.158. The van der Waals surface area contributed by atoms with Crippen molar-refractivity contribution >= 4 is 50.2 Å². The second-order valence-electron chi connectivity index (χ2n) is 3.68. The summed E-state index contributed by atoms with van der Waals surface area (Å²) in [6.07, 6.45) is 0.972. The summed E-state index contributed by atoms with van der Waals surface area (Å²) >= 11 is 10.7. The van der Waals surface area contributed by atoms with Crippen LogP contribution in [0.4, 0.5) is 5.69 Å². The Kier molecular flexibility index (Phi) is 4.66. The Bertz CT molecular complexity index is 599. The van der Waals surface area contributed by atoms with Crippen molar-refractivity contribution in [2.45, 2.75) is 0 Å². The van der Waals surface area contributed by atoms with Gasteiger partial charge >= 0.3 is 0 Å². The zero-order chi connectivity index (χ0) is 13.9. The van der Waals surface area contributed by atoms with Crippen LogP contribution in [0.25, 0.3) is 0 Å². The monoisotopic (exact) mass is 306 g/mol. The third-order valence-corrected chi connectivity index (χ3v) is 3.27. The van der Waals surface area contributed by atoms with E-state index < -0.39 is 21.5 Å². The Balaban J connectivity index is 2.93. The van der Waals surface area contributed by atoms with Gasteiger partial charge in [0.15, 0.2) is 9.84 Å². The van der Waals surface area contributed by atoms with Crippen LogP contribution in [0.15, 0.2) is 18.2 Å². The molecule has 0 fully saturated rings. The number of benzene rings is 1. The second-order valence-corrected chi connectivity index (χ2v) is 6.66. The van der Waals surface area contributed by atoms with E-state index in [1.54, 1.807) is 6.07 Å². The predicted molar refractivity (Wildman–Crippen MR) is 75.7 cm³/mol. The number of carbonyl (C=O) groups is 1. The van der Waals surface area contributed by atoms with Crippen LogP contribution < -0.4 is 11.1 Å². The second kappa shape index (κ2) is 5.64. The van der Waals surface area contributed by atoms with Crippen molar-refractivity contribution in [2.75, 3.05) is 17.3 Å². The first kappa shape index (κ1) is 14.9. The van der Waals surface area contributed by atoms with Gasteiger partial charge in [-0.05, 0) is 12.1 Å². The van der Waals surface area contributed by atoms with Gasteiger partial charge in [-0.3, -0.25) is 4.79 Å². The molecule has 0 aromatic heterocycles. The van der Waals surface area contributed by atoms with Crippen molar-refractivity contribution in [1.29, 1.82) is 0 Å². The molecule has 0 bridgehead atoms. The molecule has 0 aliphatic rings. The summed E-state index contributed by atoms with van der Waals surface area (Å²) in [5, 5.41) is 2.67. The van der Waals surface area contributed by atoms with E-state index in [2.05, 4.69) is 5.32 Å². The number of halogens is 1.